The molecule has 28 heavy (non-hydrogen) atoms. The molecule has 0 aliphatic rings. The Bertz CT molecular complexity index is 978. The van der Waals surface area contributed by atoms with Gasteiger partial charge in [-0.1, -0.05) is 0 Å². The SMILES string of the molecule is CCOc1ccc(NC(=O)c2cc(OC)c(OC)c(OC)c2)c2cccnc12. The lowest BCUT2D eigenvalue weighted by Gasteiger charge is -2.15. The van der Waals surface area contributed by atoms with Crippen molar-refractivity contribution < 1.29 is 23.7 Å². The monoisotopic (exact) mass is 382 g/mol. The number of hydrogen-bond acceptors (Lipinski definition) is 6. The van der Waals surface area contributed by atoms with Gasteiger partial charge in [0.2, 0.25) is 5.75 Å². The normalized spacial score (nSPS) is 10.4. The molecule has 0 atom stereocenters. The van der Waals surface area contributed by atoms with E-state index in [0.717, 1.165) is 5.39 Å². The lowest BCUT2D eigenvalue weighted by atomic mass is 10.1. The number of aromatic nitrogens is 1. The van der Waals surface area contributed by atoms with Crippen molar-refractivity contribution in [3.63, 3.8) is 0 Å². The average molecular weight is 382 g/mol. The van der Waals surface area contributed by atoms with E-state index in [1.54, 1.807) is 30.5 Å². The molecule has 0 aliphatic heterocycles. The van der Waals surface area contributed by atoms with E-state index in [4.69, 9.17) is 18.9 Å². The zero-order chi connectivity index (χ0) is 20.1. The van der Waals surface area contributed by atoms with Crippen molar-refractivity contribution in [1.82, 2.24) is 4.98 Å². The molecule has 1 heterocycles. The number of nitrogens with zero attached hydrogens (tertiary/aromatic N) is 1. The van der Waals surface area contributed by atoms with Gasteiger partial charge in [0.1, 0.15) is 11.3 Å². The Kier molecular flexibility index (Phi) is 5.84. The average Bonchev–Trinajstić information content (AvgIpc) is 2.74. The molecule has 146 valence electrons. The first-order chi connectivity index (χ1) is 13.6. The minimum atomic E-state index is -0.312. The molecule has 2 aromatic carbocycles. The van der Waals surface area contributed by atoms with E-state index in [0.29, 0.717) is 46.4 Å². The molecule has 3 aromatic rings. The number of ether oxygens (including phenoxy) is 4. The Balaban J connectivity index is 1.99. The van der Waals surface area contributed by atoms with Crippen molar-refractivity contribution in [3.8, 4) is 23.0 Å². The molecule has 0 spiro atoms. The van der Waals surface area contributed by atoms with Crippen molar-refractivity contribution in [2.75, 3.05) is 33.3 Å². The predicted molar refractivity (Wildman–Crippen MR) is 107 cm³/mol. The van der Waals surface area contributed by atoms with Crippen molar-refractivity contribution >= 4 is 22.5 Å². The molecule has 3 rings (SSSR count). The lowest BCUT2D eigenvalue weighted by Crippen LogP contribution is -2.13. The number of rotatable bonds is 7. The molecule has 0 aliphatic carbocycles. The highest BCUT2D eigenvalue weighted by Gasteiger charge is 2.18. The van der Waals surface area contributed by atoms with Gasteiger partial charge in [-0.15, -0.1) is 0 Å². The first-order valence-electron chi connectivity index (χ1n) is 8.74. The molecule has 0 saturated carbocycles. The van der Waals surface area contributed by atoms with E-state index in [9.17, 15) is 4.79 Å². The van der Waals surface area contributed by atoms with Crippen molar-refractivity contribution in [2.45, 2.75) is 6.92 Å². The number of carbonyl (C=O) groups is 1. The summed E-state index contributed by atoms with van der Waals surface area (Å²) in [5.74, 6) is 1.60. The van der Waals surface area contributed by atoms with Crippen LogP contribution >= 0.6 is 0 Å². The van der Waals surface area contributed by atoms with Crippen molar-refractivity contribution in [3.05, 3.63) is 48.2 Å². The fourth-order valence-electron chi connectivity index (χ4n) is 2.93. The highest BCUT2D eigenvalue weighted by molar-refractivity contribution is 6.10. The molecule has 0 unspecified atom stereocenters. The molecule has 1 N–H and O–H groups in total. The van der Waals surface area contributed by atoms with Crippen molar-refractivity contribution in [1.29, 1.82) is 0 Å². The van der Waals surface area contributed by atoms with Gasteiger partial charge in [0.25, 0.3) is 5.91 Å². The molecule has 0 radical (unpaired) electrons. The number of anilines is 1. The maximum absolute atomic E-state index is 12.9. The van der Waals surface area contributed by atoms with Gasteiger partial charge in [0.05, 0.1) is 33.6 Å². The third-order valence-electron chi connectivity index (χ3n) is 4.21. The van der Waals surface area contributed by atoms with Crippen LogP contribution in [0.15, 0.2) is 42.6 Å². The summed E-state index contributed by atoms with van der Waals surface area (Å²) in [6, 6.07) is 10.5. The summed E-state index contributed by atoms with van der Waals surface area (Å²) < 4.78 is 21.6. The number of methoxy groups -OCH3 is 3. The molecule has 1 amide bonds. The van der Waals surface area contributed by atoms with E-state index in [1.165, 1.54) is 21.3 Å². The van der Waals surface area contributed by atoms with Crippen LogP contribution in [0.3, 0.4) is 0 Å². The molecule has 0 saturated heterocycles. The Labute approximate surface area is 163 Å². The van der Waals surface area contributed by atoms with Gasteiger partial charge >= 0.3 is 0 Å². The van der Waals surface area contributed by atoms with Crippen LogP contribution in [0.5, 0.6) is 23.0 Å². The molecule has 0 fully saturated rings. The molecule has 1 aromatic heterocycles. The second kappa shape index (κ2) is 8.47. The third kappa shape index (κ3) is 3.64. The van der Waals surface area contributed by atoms with Crippen LogP contribution in [0.1, 0.15) is 17.3 Å². The summed E-state index contributed by atoms with van der Waals surface area (Å²) in [5.41, 5.74) is 1.69. The fourth-order valence-corrected chi connectivity index (χ4v) is 2.93. The Hall–Kier alpha value is -3.48. The molecule has 7 heteroatoms. The maximum atomic E-state index is 12.9. The number of nitrogens with one attached hydrogen (secondary N) is 1. The summed E-state index contributed by atoms with van der Waals surface area (Å²) >= 11 is 0. The van der Waals surface area contributed by atoms with E-state index in [1.807, 2.05) is 19.1 Å². The molecular formula is C21H22N2O5. The van der Waals surface area contributed by atoms with E-state index < -0.39 is 0 Å². The van der Waals surface area contributed by atoms with Crippen LogP contribution in [-0.2, 0) is 0 Å². The van der Waals surface area contributed by atoms with Crippen LogP contribution < -0.4 is 24.3 Å². The van der Waals surface area contributed by atoms with Crippen LogP contribution in [-0.4, -0.2) is 38.8 Å². The van der Waals surface area contributed by atoms with Crippen LogP contribution in [0.4, 0.5) is 5.69 Å². The summed E-state index contributed by atoms with van der Waals surface area (Å²) in [6.07, 6.45) is 1.69. The van der Waals surface area contributed by atoms with Gasteiger partial charge in [0, 0.05) is 17.1 Å². The number of amides is 1. The van der Waals surface area contributed by atoms with E-state index in [-0.39, 0.29) is 5.91 Å². The topological polar surface area (TPSA) is 78.9 Å². The van der Waals surface area contributed by atoms with Crippen LogP contribution in [0, 0.1) is 0 Å². The first-order valence-corrected chi connectivity index (χ1v) is 8.74. The Morgan fingerprint density at radius 1 is 1.00 bits per heavy atom. The Morgan fingerprint density at radius 3 is 2.32 bits per heavy atom. The second-order valence-corrected chi connectivity index (χ2v) is 5.81. The zero-order valence-electron chi connectivity index (χ0n) is 16.2. The van der Waals surface area contributed by atoms with Gasteiger partial charge < -0.3 is 24.3 Å². The molecule has 0 bridgehead atoms. The number of benzene rings is 2. The number of hydrogen-bond donors (Lipinski definition) is 1. The van der Waals surface area contributed by atoms with Gasteiger partial charge in [-0.2, -0.15) is 0 Å². The zero-order valence-corrected chi connectivity index (χ0v) is 16.2. The Morgan fingerprint density at radius 2 is 1.71 bits per heavy atom. The summed E-state index contributed by atoms with van der Waals surface area (Å²) in [7, 11) is 4.52. The van der Waals surface area contributed by atoms with Crippen LogP contribution in [0.2, 0.25) is 0 Å². The standard InChI is InChI=1S/C21H22N2O5/c1-5-28-16-9-8-15(14-7-6-10-22-19(14)16)23-21(24)13-11-17(25-2)20(27-4)18(12-13)26-3/h6-12H,5H2,1-4H3,(H,23,24). The molecular weight excluding hydrogens is 360 g/mol. The predicted octanol–water partition coefficient (Wildman–Crippen LogP) is 3.91. The fraction of sp³-hybridized carbons (Fsp3) is 0.238. The quantitative estimate of drug-likeness (QED) is 0.667. The maximum Gasteiger partial charge on any atom is 0.255 e. The number of pyridine rings is 1. The summed E-state index contributed by atoms with van der Waals surface area (Å²) in [4.78, 5) is 17.3. The highest BCUT2D eigenvalue weighted by Crippen LogP contribution is 2.38. The highest BCUT2D eigenvalue weighted by atomic mass is 16.5. The van der Waals surface area contributed by atoms with Gasteiger partial charge in [-0.25, -0.2) is 0 Å². The second-order valence-electron chi connectivity index (χ2n) is 5.81. The number of fused-ring (bicyclic) bond motifs is 1. The van der Waals surface area contributed by atoms with E-state index in [2.05, 4.69) is 10.3 Å². The first kappa shape index (κ1) is 19.3. The lowest BCUT2D eigenvalue weighted by molar-refractivity contribution is 0.102. The van der Waals surface area contributed by atoms with E-state index >= 15 is 0 Å². The van der Waals surface area contributed by atoms with Gasteiger partial charge in [-0.3, -0.25) is 9.78 Å². The van der Waals surface area contributed by atoms with Gasteiger partial charge in [-0.05, 0) is 43.3 Å². The minimum Gasteiger partial charge on any atom is -0.493 e. The van der Waals surface area contributed by atoms with Crippen LogP contribution in [0.25, 0.3) is 10.9 Å². The van der Waals surface area contributed by atoms with Gasteiger partial charge in [0.15, 0.2) is 11.5 Å². The largest absolute Gasteiger partial charge is 0.493 e. The smallest absolute Gasteiger partial charge is 0.255 e. The molecule has 7 nitrogen and oxygen atoms in total. The van der Waals surface area contributed by atoms with Crippen molar-refractivity contribution in [2.24, 2.45) is 0 Å². The minimum absolute atomic E-state index is 0.312. The summed E-state index contributed by atoms with van der Waals surface area (Å²) in [5, 5.41) is 3.71. The third-order valence-corrected chi connectivity index (χ3v) is 4.21. The number of carbonyl (C=O) groups excluding carboxylic acids is 1. The summed E-state index contributed by atoms with van der Waals surface area (Å²) in [6.45, 7) is 2.44.